The fourth-order valence-electron chi connectivity index (χ4n) is 3.42. The van der Waals surface area contributed by atoms with Crippen LogP contribution in [0.15, 0.2) is 24.3 Å². The molecular weight excluding hydrogens is 278 g/mol. The molecule has 2 aliphatic carbocycles. The van der Waals surface area contributed by atoms with Crippen LogP contribution < -0.4 is 4.74 Å². The van der Waals surface area contributed by atoms with Gasteiger partial charge in [-0.2, -0.15) is 0 Å². The van der Waals surface area contributed by atoms with Gasteiger partial charge < -0.3 is 14.7 Å². The number of rotatable bonds is 6. The number of aliphatic hydroxyl groups is 1. The van der Waals surface area contributed by atoms with Crippen LogP contribution in [0.4, 0.5) is 0 Å². The number of hydrogen-bond donors (Lipinski definition) is 1. The van der Waals surface area contributed by atoms with E-state index in [0.717, 1.165) is 49.8 Å². The van der Waals surface area contributed by atoms with E-state index in [-0.39, 0.29) is 12.3 Å². The second-order valence-corrected chi connectivity index (χ2v) is 6.67. The van der Waals surface area contributed by atoms with Crippen LogP contribution in [-0.4, -0.2) is 34.7 Å². The van der Waals surface area contributed by atoms with Gasteiger partial charge >= 0.3 is 0 Å². The Hall–Kier alpha value is -1.55. The number of para-hydroxylation sites is 1. The molecule has 1 aromatic carbocycles. The summed E-state index contributed by atoms with van der Waals surface area (Å²) in [6.45, 7) is 0.573. The third-order valence-corrected chi connectivity index (χ3v) is 4.86. The number of amides is 1. The maximum absolute atomic E-state index is 12.7. The standard InChI is InChI=1S/C18H25NO3/c1-22-16-7-3-2-6-14(16)13-19(15-8-9-15)17(20)12-18(21)10-4-5-11-18/h2-3,6-7,15,21H,4-5,8-13H2,1H3. The van der Waals surface area contributed by atoms with Gasteiger partial charge in [-0.1, -0.05) is 31.0 Å². The van der Waals surface area contributed by atoms with Crippen LogP contribution in [0.1, 0.15) is 50.5 Å². The van der Waals surface area contributed by atoms with Crippen LogP contribution in [-0.2, 0) is 11.3 Å². The van der Waals surface area contributed by atoms with Crippen molar-refractivity contribution in [1.82, 2.24) is 4.90 Å². The third-order valence-electron chi connectivity index (χ3n) is 4.86. The molecular formula is C18H25NO3. The molecule has 22 heavy (non-hydrogen) atoms. The van der Waals surface area contributed by atoms with Crippen LogP contribution >= 0.6 is 0 Å². The van der Waals surface area contributed by atoms with Gasteiger partial charge in [0, 0.05) is 18.2 Å². The summed E-state index contributed by atoms with van der Waals surface area (Å²) in [4.78, 5) is 14.7. The summed E-state index contributed by atoms with van der Waals surface area (Å²) >= 11 is 0. The number of nitrogens with zero attached hydrogens (tertiary/aromatic N) is 1. The van der Waals surface area contributed by atoms with Gasteiger partial charge in [-0.05, 0) is 31.7 Å². The summed E-state index contributed by atoms with van der Waals surface area (Å²) in [6, 6.07) is 8.17. The van der Waals surface area contributed by atoms with Crippen molar-refractivity contribution in [2.45, 2.75) is 63.1 Å². The van der Waals surface area contributed by atoms with Crippen molar-refractivity contribution >= 4 is 5.91 Å². The number of ether oxygens (including phenoxy) is 1. The van der Waals surface area contributed by atoms with E-state index in [0.29, 0.717) is 12.6 Å². The average Bonchev–Trinajstić information content (AvgIpc) is 3.26. The van der Waals surface area contributed by atoms with Crippen LogP contribution in [0, 0.1) is 0 Å². The molecule has 0 atom stereocenters. The van der Waals surface area contributed by atoms with Crippen LogP contribution in [0.25, 0.3) is 0 Å². The molecule has 4 heteroatoms. The second kappa shape index (κ2) is 6.29. The van der Waals surface area contributed by atoms with Crippen molar-refractivity contribution in [2.24, 2.45) is 0 Å². The van der Waals surface area contributed by atoms with Crippen molar-refractivity contribution in [3.63, 3.8) is 0 Å². The second-order valence-electron chi connectivity index (χ2n) is 6.67. The fourth-order valence-corrected chi connectivity index (χ4v) is 3.42. The molecule has 4 nitrogen and oxygen atoms in total. The molecule has 0 bridgehead atoms. The Morgan fingerprint density at radius 1 is 1.32 bits per heavy atom. The minimum atomic E-state index is -0.773. The van der Waals surface area contributed by atoms with E-state index in [1.165, 1.54) is 0 Å². The Labute approximate surface area is 132 Å². The summed E-state index contributed by atoms with van der Waals surface area (Å²) < 4.78 is 5.39. The molecule has 3 rings (SSSR count). The smallest absolute Gasteiger partial charge is 0.226 e. The lowest BCUT2D eigenvalue weighted by molar-refractivity contribution is -0.137. The molecule has 0 saturated heterocycles. The number of hydrogen-bond acceptors (Lipinski definition) is 3. The number of benzene rings is 1. The van der Waals surface area contributed by atoms with E-state index < -0.39 is 5.60 Å². The Kier molecular flexibility index (Phi) is 4.39. The summed E-state index contributed by atoms with van der Waals surface area (Å²) in [5.41, 5.74) is 0.258. The molecule has 0 aliphatic heterocycles. The van der Waals surface area contributed by atoms with Crippen LogP contribution in [0.2, 0.25) is 0 Å². The lowest BCUT2D eigenvalue weighted by Gasteiger charge is -2.28. The van der Waals surface area contributed by atoms with Gasteiger partial charge in [0.2, 0.25) is 5.91 Å². The van der Waals surface area contributed by atoms with E-state index in [9.17, 15) is 9.90 Å². The highest BCUT2D eigenvalue weighted by molar-refractivity contribution is 5.78. The van der Waals surface area contributed by atoms with Gasteiger partial charge in [-0.25, -0.2) is 0 Å². The van der Waals surface area contributed by atoms with Gasteiger partial charge in [-0.3, -0.25) is 4.79 Å². The van der Waals surface area contributed by atoms with Crippen molar-refractivity contribution in [2.75, 3.05) is 7.11 Å². The molecule has 120 valence electrons. The van der Waals surface area contributed by atoms with Gasteiger partial charge in [0.1, 0.15) is 5.75 Å². The van der Waals surface area contributed by atoms with Crippen molar-refractivity contribution in [3.8, 4) is 5.75 Å². The van der Waals surface area contributed by atoms with Crippen molar-refractivity contribution in [3.05, 3.63) is 29.8 Å². The van der Waals surface area contributed by atoms with Gasteiger partial charge in [0.25, 0.3) is 0 Å². The highest BCUT2D eigenvalue weighted by Crippen LogP contribution is 2.36. The molecule has 0 aromatic heterocycles. The normalized spacial score (nSPS) is 19.9. The molecule has 1 aromatic rings. The summed E-state index contributed by atoms with van der Waals surface area (Å²) in [5.74, 6) is 0.901. The number of carbonyl (C=O) groups is 1. The monoisotopic (exact) mass is 303 g/mol. The zero-order valence-electron chi connectivity index (χ0n) is 13.3. The van der Waals surface area contributed by atoms with Gasteiger partial charge in [-0.15, -0.1) is 0 Å². The predicted molar refractivity (Wildman–Crippen MR) is 84.6 cm³/mol. The lowest BCUT2D eigenvalue weighted by atomic mass is 9.97. The first-order chi connectivity index (χ1) is 10.6. The summed E-state index contributed by atoms with van der Waals surface area (Å²) in [6.07, 6.45) is 5.97. The minimum absolute atomic E-state index is 0.0813. The minimum Gasteiger partial charge on any atom is -0.496 e. The number of methoxy groups -OCH3 is 1. The molecule has 2 saturated carbocycles. The zero-order valence-corrected chi connectivity index (χ0v) is 13.3. The summed E-state index contributed by atoms with van der Waals surface area (Å²) in [7, 11) is 1.66. The SMILES string of the molecule is COc1ccccc1CN(C(=O)CC1(O)CCCC1)C1CC1. The molecule has 1 N–H and O–H groups in total. The highest BCUT2D eigenvalue weighted by Gasteiger charge is 2.39. The van der Waals surface area contributed by atoms with Crippen molar-refractivity contribution < 1.29 is 14.6 Å². The average molecular weight is 303 g/mol. The van der Waals surface area contributed by atoms with Crippen LogP contribution in [0.5, 0.6) is 5.75 Å². The molecule has 0 spiro atoms. The van der Waals surface area contributed by atoms with E-state index in [1.807, 2.05) is 29.2 Å². The predicted octanol–water partition coefficient (Wildman–Crippen LogP) is 2.88. The first-order valence-corrected chi connectivity index (χ1v) is 8.25. The quantitative estimate of drug-likeness (QED) is 0.879. The topological polar surface area (TPSA) is 49.8 Å². The third kappa shape index (κ3) is 3.43. The van der Waals surface area contributed by atoms with E-state index in [4.69, 9.17) is 4.74 Å². The fraction of sp³-hybridized carbons (Fsp3) is 0.611. The highest BCUT2D eigenvalue weighted by atomic mass is 16.5. The molecule has 0 radical (unpaired) electrons. The maximum atomic E-state index is 12.7. The first-order valence-electron chi connectivity index (χ1n) is 8.25. The Morgan fingerprint density at radius 2 is 2.00 bits per heavy atom. The maximum Gasteiger partial charge on any atom is 0.226 e. The van der Waals surface area contributed by atoms with E-state index in [1.54, 1.807) is 7.11 Å². The van der Waals surface area contributed by atoms with Gasteiger partial charge in [0.15, 0.2) is 0 Å². The number of carbonyl (C=O) groups excluding carboxylic acids is 1. The molecule has 1 amide bonds. The van der Waals surface area contributed by atoms with Crippen molar-refractivity contribution in [1.29, 1.82) is 0 Å². The van der Waals surface area contributed by atoms with E-state index >= 15 is 0 Å². The Bertz CT molecular complexity index is 533. The zero-order chi connectivity index (χ0) is 15.6. The Morgan fingerprint density at radius 3 is 2.64 bits per heavy atom. The lowest BCUT2D eigenvalue weighted by Crippen LogP contribution is -2.39. The molecule has 0 heterocycles. The molecule has 0 unspecified atom stereocenters. The van der Waals surface area contributed by atoms with Crippen LogP contribution in [0.3, 0.4) is 0 Å². The Balaban J connectivity index is 1.71. The van der Waals surface area contributed by atoms with E-state index in [2.05, 4.69) is 0 Å². The first kappa shape index (κ1) is 15.3. The molecule has 2 fully saturated rings. The largest absolute Gasteiger partial charge is 0.496 e. The summed E-state index contributed by atoms with van der Waals surface area (Å²) in [5, 5.41) is 10.5. The van der Waals surface area contributed by atoms with Gasteiger partial charge in [0.05, 0.1) is 19.1 Å². The molecule has 2 aliphatic rings.